The van der Waals surface area contributed by atoms with Crippen molar-refractivity contribution < 1.29 is 0 Å². The number of piperidine rings is 1. The van der Waals surface area contributed by atoms with Gasteiger partial charge in [0.1, 0.15) is 11.9 Å². The molecule has 2 heterocycles. The maximum Gasteiger partial charge on any atom is 0.158 e. The lowest BCUT2D eigenvalue weighted by Gasteiger charge is -2.38. The Balaban J connectivity index is 2.21. The number of nitrogens with two attached hydrogens (primary N) is 1. The van der Waals surface area contributed by atoms with Crippen molar-refractivity contribution in [2.75, 3.05) is 11.4 Å². The molecule has 5 heteroatoms. The molecule has 1 aliphatic rings. The van der Waals surface area contributed by atoms with Gasteiger partial charge in [-0.2, -0.15) is 5.26 Å². The summed E-state index contributed by atoms with van der Waals surface area (Å²) in [5.41, 5.74) is 6.36. The zero-order valence-corrected chi connectivity index (χ0v) is 10.0. The van der Waals surface area contributed by atoms with Crippen molar-refractivity contribution in [1.82, 2.24) is 9.97 Å². The Morgan fingerprint density at radius 1 is 1.47 bits per heavy atom. The molecule has 2 N–H and O–H groups in total. The number of aromatic nitrogens is 2. The molecule has 1 aromatic rings. The smallest absolute Gasteiger partial charge is 0.158 e. The van der Waals surface area contributed by atoms with Crippen LogP contribution < -0.4 is 10.6 Å². The van der Waals surface area contributed by atoms with E-state index >= 15 is 0 Å². The quantitative estimate of drug-likeness (QED) is 0.823. The molecule has 0 aliphatic carbocycles. The van der Waals surface area contributed by atoms with Gasteiger partial charge < -0.3 is 10.6 Å². The maximum absolute atomic E-state index is 8.69. The third kappa shape index (κ3) is 2.53. The van der Waals surface area contributed by atoms with Crippen LogP contribution in [0.3, 0.4) is 0 Å². The number of anilines is 1. The van der Waals surface area contributed by atoms with Gasteiger partial charge in [-0.1, -0.05) is 0 Å². The summed E-state index contributed by atoms with van der Waals surface area (Å²) >= 11 is 0. The van der Waals surface area contributed by atoms with Crippen molar-refractivity contribution in [3.05, 3.63) is 18.1 Å². The predicted octanol–water partition coefficient (Wildman–Crippen LogP) is 1.05. The normalized spacial score (nSPS) is 21.9. The van der Waals surface area contributed by atoms with E-state index in [1.807, 2.05) is 13.0 Å². The SMILES string of the molecule is CC(N)C1CCCCN1c1cnc(C#N)cn1. The lowest BCUT2D eigenvalue weighted by molar-refractivity contribution is 0.410. The van der Waals surface area contributed by atoms with Crippen LogP contribution in [0.4, 0.5) is 5.82 Å². The molecular formula is C12H17N5. The number of rotatable bonds is 2. The first-order valence-electron chi connectivity index (χ1n) is 5.96. The molecule has 2 atom stereocenters. The van der Waals surface area contributed by atoms with Crippen molar-refractivity contribution in [2.24, 2.45) is 5.73 Å². The summed E-state index contributed by atoms with van der Waals surface area (Å²) in [5, 5.41) is 8.69. The van der Waals surface area contributed by atoms with E-state index < -0.39 is 0 Å². The number of hydrogen-bond donors (Lipinski definition) is 1. The minimum Gasteiger partial charge on any atom is -0.351 e. The van der Waals surface area contributed by atoms with Crippen molar-refractivity contribution in [1.29, 1.82) is 5.26 Å². The minimum atomic E-state index is 0.118. The molecule has 0 bridgehead atoms. The van der Waals surface area contributed by atoms with Gasteiger partial charge in [0.25, 0.3) is 0 Å². The lowest BCUT2D eigenvalue weighted by Crippen LogP contribution is -2.49. The first-order chi connectivity index (χ1) is 8.22. The van der Waals surface area contributed by atoms with E-state index in [0.717, 1.165) is 25.2 Å². The standard InChI is InChI=1S/C12H17N5/c1-9(14)11-4-2-3-5-17(11)12-8-15-10(6-13)7-16-12/h7-9,11H,2-5,14H2,1H3. The van der Waals surface area contributed by atoms with Gasteiger partial charge in [0.15, 0.2) is 5.69 Å². The monoisotopic (exact) mass is 231 g/mol. The summed E-state index contributed by atoms with van der Waals surface area (Å²) in [5.74, 6) is 0.825. The van der Waals surface area contributed by atoms with E-state index in [2.05, 4.69) is 14.9 Å². The molecule has 0 radical (unpaired) electrons. The van der Waals surface area contributed by atoms with Crippen LogP contribution >= 0.6 is 0 Å². The molecule has 17 heavy (non-hydrogen) atoms. The highest BCUT2D eigenvalue weighted by Crippen LogP contribution is 2.23. The highest BCUT2D eigenvalue weighted by molar-refractivity contribution is 5.39. The average Bonchev–Trinajstić information content (AvgIpc) is 2.39. The highest BCUT2D eigenvalue weighted by Gasteiger charge is 2.26. The summed E-state index contributed by atoms with van der Waals surface area (Å²) in [7, 11) is 0. The first-order valence-corrected chi connectivity index (χ1v) is 5.96. The molecule has 2 rings (SSSR count). The number of nitrogens with zero attached hydrogens (tertiary/aromatic N) is 4. The van der Waals surface area contributed by atoms with Crippen molar-refractivity contribution >= 4 is 5.82 Å². The Morgan fingerprint density at radius 3 is 2.88 bits per heavy atom. The molecular weight excluding hydrogens is 214 g/mol. The topological polar surface area (TPSA) is 78.8 Å². The predicted molar refractivity (Wildman–Crippen MR) is 65.4 cm³/mol. The molecule has 0 aromatic carbocycles. The molecule has 2 unspecified atom stereocenters. The maximum atomic E-state index is 8.69. The van der Waals surface area contributed by atoms with E-state index in [9.17, 15) is 0 Å². The van der Waals surface area contributed by atoms with Crippen molar-refractivity contribution in [2.45, 2.75) is 38.3 Å². The third-order valence-corrected chi connectivity index (χ3v) is 3.20. The van der Waals surface area contributed by atoms with Crippen LogP contribution in [0.5, 0.6) is 0 Å². The molecule has 1 aliphatic heterocycles. The zero-order valence-electron chi connectivity index (χ0n) is 10.0. The van der Waals surface area contributed by atoms with E-state index in [0.29, 0.717) is 11.7 Å². The van der Waals surface area contributed by atoms with Gasteiger partial charge in [-0.25, -0.2) is 9.97 Å². The van der Waals surface area contributed by atoms with Crippen molar-refractivity contribution in [3.63, 3.8) is 0 Å². The van der Waals surface area contributed by atoms with Crippen LogP contribution in [0.15, 0.2) is 12.4 Å². The summed E-state index contributed by atoms with van der Waals surface area (Å²) in [6.07, 6.45) is 6.65. The van der Waals surface area contributed by atoms with Gasteiger partial charge in [-0.15, -0.1) is 0 Å². The number of nitriles is 1. The Morgan fingerprint density at radius 2 is 2.29 bits per heavy atom. The molecule has 1 fully saturated rings. The second-order valence-electron chi connectivity index (χ2n) is 4.49. The second kappa shape index (κ2) is 5.11. The Hall–Kier alpha value is -1.67. The molecule has 1 saturated heterocycles. The molecule has 1 aromatic heterocycles. The van der Waals surface area contributed by atoms with Crippen LogP contribution in [-0.2, 0) is 0 Å². The van der Waals surface area contributed by atoms with Gasteiger partial charge in [0, 0.05) is 18.6 Å². The summed E-state index contributed by atoms with van der Waals surface area (Å²) < 4.78 is 0. The molecule has 0 saturated carbocycles. The van der Waals surface area contributed by atoms with Gasteiger partial charge in [-0.05, 0) is 26.2 Å². The minimum absolute atomic E-state index is 0.118. The number of hydrogen-bond acceptors (Lipinski definition) is 5. The second-order valence-corrected chi connectivity index (χ2v) is 4.49. The Labute approximate surface area is 101 Å². The van der Waals surface area contributed by atoms with Crippen LogP contribution in [-0.4, -0.2) is 28.6 Å². The summed E-state index contributed by atoms with van der Waals surface area (Å²) in [6.45, 7) is 2.99. The third-order valence-electron chi connectivity index (χ3n) is 3.20. The van der Waals surface area contributed by atoms with Crippen LogP contribution in [0.25, 0.3) is 0 Å². The molecule has 5 nitrogen and oxygen atoms in total. The van der Waals surface area contributed by atoms with Gasteiger partial charge >= 0.3 is 0 Å². The summed E-state index contributed by atoms with van der Waals surface area (Å²) in [6, 6.07) is 2.42. The Kier molecular flexibility index (Phi) is 3.55. The van der Waals surface area contributed by atoms with Crippen LogP contribution in [0, 0.1) is 11.3 Å². The molecule has 90 valence electrons. The van der Waals surface area contributed by atoms with Crippen molar-refractivity contribution in [3.8, 4) is 6.07 Å². The van der Waals surface area contributed by atoms with Gasteiger partial charge in [-0.3, -0.25) is 0 Å². The van der Waals surface area contributed by atoms with E-state index in [1.54, 1.807) is 6.20 Å². The van der Waals surface area contributed by atoms with Crippen LogP contribution in [0.2, 0.25) is 0 Å². The fourth-order valence-corrected chi connectivity index (χ4v) is 2.32. The molecule has 0 spiro atoms. The van der Waals surface area contributed by atoms with Gasteiger partial charge in [0.05, 0.1) is 12.4 Å². The van der Waals surface area contributed by atoms with E-state index in [4.69, 9.17) is 11.0 Å². The fourth-order valence-electron chi connectivity index (χ4n) is 2.32. The Bertz CT molecular complexity index is 406. The average molecular weight is 231 g/mol. The largest absolute Gasteiger partial charge is 0.351 e. The summed E-state index contributed by atoms with van der Waals surface area (Å²) in [4.78, 5) is 10.6. The highest BCUT2D eigenvalue weighted by atomic mass is 15.2. The lowest BCUT2D eigenvalue weighted by atomic mass is 9.97. The fraction of sp³-hybridized carbons (Fsp3) is 0.583. The zero-order chi connectivity index (χ0) is 12.3. The van der Waals surface area contributed by atoms with Gasteiger partial charge in [0.2, 0.25) is 0 Å². The first kappa shape index (κ1) is 11.8. The van der Waals surface area contributed by atoms with E-state index in [1.165, 1.54) is 12.6 Å². The van der Waals surface area contributed by atoms with E-state index in [-0.39, 0.29) is 6.04 Å². The van der Waals surface area contributed by atoms with Crippen LogP contribution in [0.1, 0.15) is 31.9 Å². The molecule has 0 amide bonds.